The molecule has 2 aromatic rings. The van der Waals surface area contributed by atoms with Gasteiger partial charge < -0.3 is 9.47 Å². The van der Waals surface area contributed by atoms with Gasteiger partial charge in [-0.3, -0.25) is 4.79 Å². The molecule has 23 heavy (non-hydrogen) atoms. The van der Waals surface area contributed by atoms with Crippen molar-refractivity contribution in [3.05, 3.63) is 46.7 Å². The van der Waals surface area contributed by atoms with E-state index < -0.39 is 0 Å². The highest BCUT2D eigenvalue weighted by Crippen LogP contribution is 2.27. The second-order valence-corrected chi connectivity index (χ2v) is 6.74. The average molecular weight is 308 g/mol. The molecule has 3 rings (SSSR count). The second-order valence-electron chi connectivity index (χ2n) is 6.74. The van der Waals surface area contributed by atoms with Gasteiger partial charge >= 0.3 is 0 Å². The molecular weight excluding hydrogens is 284 g/mol. The Balaban J connectivity index is 2.19. The summed E-state index contributed by atoms with van der Waals surface area (Å²) < 4.78 is 2.01. The number of hydrogen-bond donors (Lipinski definition) is 0. The summed E-state index contributed by atoms with van der Waals surface area (Å²) in [4.78, 5) is 14.3. The molecule has 0 N–H and O–H groups in total. The molecule has 1 amide bonds. The summed E-state index contributed by atoms with van der Waals surface area (Å²) in [5.41, 5.74) is 2.15. The Morgan fingerprint density at radius 2 is 1.78 bits per heavy atom. The Morgan fingerprint density at radius 1 is 1.13 bits per heavy atom. The van der Waals surface area contributed by atoms with Crippen LogP contribution in [0.15, 0.2) is 30.5 Å². The standard InChI is InChI=1S/C20H24N2O/c1-12(2)16-8-9-17-14(4)22(15(5)18(17)11-16)19-10-7-13(3)21(6)20(19)23/h8-9,11-12,19H,3-5,7,10H2,1-2,6H3. The predicted octanol–water partition coefficient (Wildman–Crippen LogP) is 2.89. The summed E-state index contributed by atoms with van der Waals surface area (Å²) in [6, 6.07) is 6.19. The van der Waals surface area contributed by atoms with E-state index in [2.05, 4.69) is 51.8 Å². The lowest BCUT2D eigenvalue weighted by Crippen LogP contribution is -2.43. The Bertz CT molecular complexity index is 904. The number of amides is 1. The molecule has 1 unspecified atom stereocenters. The van der Waals surface area contributed by atoms with Crippen molar-refractivity contribution in [1.29, 1.82) is 0 Å². The third kappa shape index (κ3) is 2.31. The van der Waals surface area contributed by atoms with Crippen molar-refractivity contribution >= 4 is 29.8 Å². The first-order valence-corrected chi connectivity index (χ1v) is 8.10. The van der Waals surface area contributed by atoms with Crippen molar-refractivity contribution in [2.45, 2.75) is 38.6 Å². The smallest absolute Gasteiger partial charge is 0.249 e. The highest BCUT2D eigenvalue weighted by Gasteiger charge is 2.31. The number of piperidine rings is 1. The van der Waals surface area contributed by atoms with Crippen LogP contribution in [-0.4, -0.2) is 22.4 Å². The zero-order valence-electron chi connectivity index (χ0n) is 14.2. The molecule has 0 saturated carbocycles. The maximum absolute atomic E-state index is 12.7. The molecule has 0 aliphatic carbocycles. The summed E-state index contributed by atoms with van der Waals surface area (Å²) >= 11 is 0. The van der Waals surface area contributed by atoms with E-state index in [1.54, 1.807) is 11.9 Å². The Hall–Kier alpha value is -2.29. The number of aromatic nitrogens is 1. The van der Waals surface area contributed by atoms with Gasteiger partial charge in [0.1, 0.15) is 6.04 Å². The van der Waals surface area contributed by atoms with Crippen LogP contribution in [0.4, 0.5) is 0 Å². The van der Waals surface area contributed by atoms with Crippen molar-refractivity contribution in [1.82, 2.24) is 9.47 Å². The van der Waals surface area contributed by atoms with Crippen LogP contribution in [0.5, 0.6) is 0 Å². The van der Waals surface area contributed by atoms with Crippen molar-refractivity contribution < 1.29 is 4.79 Å². The molecule has 0 bridgehead atoms. The average Bonchev–Trinajstić information content (AvgIpc) is 2.77. The van der Waals surface area contributed by atoms with Crippen molar-refractivity contribution in [2.75, 3.05) is 7.05 Å². The Labute approximate surface area is 137 Å². The molecule has 1 aliphatic rings. The SMILES string of the molecule is C=C1CCC(n2c(=C)c3ccc(C(C)C)cc3c2=C)C(=O)N1C. The maximum Gasteiger partial charge on any atom is 0.249 e. The van der Waals surface area contributed by atoms with Crippen molar-refractivity contribution in [3.63, 3.8) is 0 Å². The Morgan fingerprint density at radius 3 is 2.43 bits per heavy atom. The normalized spacial score (nSPS) is 19.1. The van der Waals surface area contributed by atoms with E-state index in [0.29, 0.717) is 5.92 Å². The van der Waals surface area contributed by atoms with Crippen LogP contribution >= 0.6 is 0 Å². The summed E-state index contributed by atoms with van der Waals surface area (Å²) in [7, 11) is 1.79. The van der Waals surface area contributed by atoms with E-state index in [9.17, 15) is 4.79 Å². The van der Waals surface area contributed by atoms with E-state index >= 15 is 0 Å². The zero-order valence-corrected chi connectivity index (χ0v) is 14.2. The minimum Gasteiger partial charge on any atom is -0.329 e. The molecule has 1 atom stereocenters. The number of benzene rings is 1. The number of fused-ring (bicyclic) bond motifs is 1. The van der Waals surface area contributed by atoms with Gasteiger partial charge in [-0.25, -0.2) is 0 Å². The lowest BCUT2D eigenvalue weighted by molar-refractivity contribution is -0.133. The fourth-order valence-electron chi connectivity index (χ4n) is 3.42. The third-order valence-corrected chi connectivity index (χ3v) is 5.02. The van der Waals surface area contributed by atoms with Crippen LogP contribution in [0.2, 0.25) is 0 Å². The molecule has 2 heterocycles. The van der Waals surface area contributed by atoms with Crippen LogP contribution in [0, 0.1) is 0 Å². The number of carbonyl (C=O) groups is 1. The molecule has 1 aromatic carbocycles. The quantitative estimate of drug-likeness (QED) is 0.837. The van der Waals surface area contributed by atoms with E-state index in [4.69, 9.17) is 0 Å². The minimum atomic E-state index is -0.236. The largest absolute Gasteiger partial charge is 0.329 e. The number of rotatable bonds is 2. The number of nitrogens with zero attached hydrogens (tertiary/aromatic N) is 2. The molecule has 3 heteroatoms. The van der Waals surface area contributed by atoms with Gasteiger partial charge in [-0.2, -0.15) is 0 Å². The van der Waals surface area contributed by atoms with Gasteiger partial charge in [0.15, 0.2) is 0 Å². The summed E-state index contributed by atoms with van der Waals surface area (Å²) in [5.74, 6) is 0.529. The van der Waals surface area contributed by atoms with E-state index in [-0.39, 0.29) is 11.9 Å². The van der Waals surface area contributed by atoms with Crippen LogP contribution in [0.25, 0.3) is 23.9 Å². The molecule has 1 aromatic heterocycles. The molecular formula is C20H24N2O. The third-order valence-electron chi connectivity index (χ3n) is 5.02. The lowest BCUT2D eigenvalue weighted by Gasteiger charge is -2.32. The highest BCUT2D eigenvalue weighted by atomic mass is 16.2. The molecule has 0 radical (unpaired) electrons. The molecule has 120 valence electrons. The van der Waals surface area contributed by atoms with Gasteiger partial charge in [-0.05, 0) is 30.4 Å². The zero-order chi connectivity index (χ0) is 16.9. The first-order chi connectivity index (χ1) is 10.8. The van der Waals surface area contributed by atoms with E-state index in [1.165, 1.54) is 5.56 Å². The number of likely N-dealkylation sites (N-methyl/N-ethyl adjacent to an activating group) is 1. The molecule has 0 spiro atoms. The summed E-state index contributed by atoms with van der Waals surface area (Å²) in [6.45, 7) is 16.8. The molecule has 3 nitrogen and oxygen atoms in total. The van der Waals surface area contributed by atoms with Gasteiger partial charge in [-0.15, -0.1) is 0 Å². The lowest BCUT2D eigenvalue weighted by atomic mass is 10.0. The fourth-order valence-corrected chi connectivity index (χ4v) is 3.42. The summed E-state index contributed by atoms with van der Waals surface area (Å²) in [5, 5.41) is 3.94. The first kappa shape index (κ1) is 15.6. The molecule has 1 saturated heterocycles. The fraction of sp³-hybridized carbons (Fsp3) is 0.350. The highest BCUT2D eigenvalue weighted by molar-refractivity contribution is 5.87. The molecule has 1 aliphatic heterocycles. The van der Waals surface area contributed by atoms with Crippen molar-refractivity contribution in [3.8, 4) is 0 Å². The number of hydrogen-bond acceptors (Lipinski definition) is 1. The van der Waals surface area contributed by atoms with Gasteiger partial charge in [0.05, 0.1) is 0 Å². The van der Waals surface area contributed by atoms with Crippen molar-refractivity contribution in [2.24, 2.45) is 0 Å². The maximum atomic E-state index is 12.7. The minimum absolute atomic E-state index is 0.0699. The topological polar surface area (TPSA) is 25.2 Å². The van der Waals surface area contributed by atoms with Crippen LogP contribution in [0.1, 0.15) is 44.2 Å². The first-order valence-electron chi connectivity index (χ1n) is 8.10. The van der Waals surface area contributed by atoms with Crippen LogP contribution in [-0.2, 0) is 4.79 Å². The van der Waals surface area contributed by atoms with Crippen LogP contribution < -0.4 is 10.7 Å². The number of likely N-dealkylation sites (tertiary alicyclic amines) is 1. The monoisotopic (exact) mass is 308 g/mol. The van der Waals surface area contributed by atoms with E-state index in [0.717, 1.165) is 40.0 Å². The van der Waals surface area contributed by atoms with Gasteiger partial charge in [0.25, 0.3) is 0 Å². The Kier molecular flexibility index (Phi) is 3.67. The predicted molar refractivity (Wildman–Crippen MR) is 96.5 cm³/mol. The van der Waals surface area contributed by atoms with Gasteiger partial charge in [-0.1, -0.05) is 45.7 Å². The van der Waals surface area contributed by atoms with Gasteiger partial charge in [0.2, 0.25) is 5.91 Å². The number of allylic oxidation sites excluding steroid dienone is 1. The van der Waals surface area contributed by atoms with E-state index in [1.807, 2.05) is 4.57 Å². The van der Waals surface area contributed by atoms with Gasteiger partial charge in [0, 0.05) is 34.2 Å². The van der Waals surface area contributed by atoms with Crippen LogP contribution in [0.3, 0.4) is 0 Å². The molecule has 1 fully saturated rings. The second kappa shape index (κ2) is 5.41. The number of carbonyl (C=O) groups excluding carboxylic acids is 1. The summed E-state index contributed by atoms with van der Waals surface area (Å²) in [6.07, 6.45) is 1.57.